The van der Waals surface area contributed by atoms with Gasteiger partial charge < -0.3 is 5.11 Å². The summed E-state index contributed by atoms with van der Waals surface area (Å²) in [5, 5.41) is 8.82. The van der Waals surface area contributed by atoms with Gasteiger partial charge in [-0.05, 0) is 28.1 Å². The van der Waals surface area contributed by atoms with Gasteiger partial charge in [-0.3, -0.25) is 4.98 Å². The van der Waals surface area contributed by atoms with Crippen molar-refractivity contribution in [2.24, 2.45) is 0 Å². The summed E-state index contributed by atoms with van der Waals surface area (Å²) in [4.78, 5) is 3.43. The minimum atomic E-state index is -4.68. The molecule has 0 aliphatic heterocycles. The third-order valence-corrected chi connectivity index (χ3v) is 2.03. The van der Waals surface area contributed by atoms with E-state index in [9.17, 15) is 13.2 Å². The molecule has 0 unspecified atom stereocenters. The van der Waals surface area contributed by atoms with Crippen LogP contribution in [0.1, 0.15) is 11.8 Å². The SMILES string of the molecule is O[C@H](c1ncccc1Br)C(F)(F)F. The van der Waals surface area contributed by atoms with Crippen LogP contribution in [0.3, 0.4) is 0 Å². The summed E-state index contributed by atoms with van der Waals surface area (Å²) in [6.07, 6.45) is -6.03. The quantitative estimate of drug-likeness (QED) is 0.837. The molecule has 1 atom stereocenters. The highest BCUT2D eigenvalue weighted by Crippen LogP contribution is 2.34. The second-order valence-corrected chi connectivity index (χ2v) is 3.17. The first-order valence-corrected chi connectivity index (χ1v) is 4.07. The first kappa shape index (κ1) is 10.5. The summed E-state index contributed by atoms with van der Waals surface area (Å²) >= 11 is 2.87. The Morgan fingerprint density at radius 3 is 2.54 bits per heavy atom. The van der Waals surface area contributed by atoms with E-state index >= 15 is 0 Å². The Balaban J connectivity index is 3.02. The fraction of sp³-hybridized carbons (Fsp3) is 0.286. The molecule has 0 fully saturated rings. The zero-order valence-electron chi connectivity index (χ0n) is 6.22. The number of aliphatic hydroxyl groups excluding tert-OH is 1. The smallest absolute Gasteiger partial charge is 0.378 e. The largest absolute Gasteiger partial charge is 0.420 e. The van der Waals surface area contributed by atoms with E-state index in [0.29, 0.717) is 0 Å². The molecule has 6 heteroatoms. The molecule has 0 aromatic carbocycles. The normalized spacial score (nSPS) is 14.2. The van der Waals surface area contributed by atoms with Crippen LogP contribution in [0, 0.1) is 0 Å². The minimum Gasteiger partial charge on any atom is -0.378 e. The molecular weight excluding hydrogens is 251 g/mol. The van der Waals surface area contributed by atoms with E-state index in [2.05, 4.69) is 20.9 Å². The monoisotopic (exact) mass is 255 g/mol. The lowest BCUT2D eigenvalue weighted by atomic mass is 10.2. The zero-order valence-corrected chi connectivity index (χ0v) is 7.80. The molecule has 1 N–H and O–H groups in total. The molecular formula is C7H5BrF3NO. The predicted molar refractivity (Wildman–Crippen MR) is 43.0 cm³/mol. The molecule has 1 rings (SSSR count). The van der Waals surface area contributed by atoms with Crippen LogP contribution in [0.4, 0.5) is 13.2 Å². The number of pyridine rings is 1. The summed E-state index contributed by atoms with van der Waals surface area (Å²) in [5.41, 5.74) is -0.421. The van der Waals surface area contributed by atoms with E-state index in [4.69, 9.17) is 5.11 Å². The van der Waals surface area contributed by atoms with Crippen LogP contribution >= 0.6 is 15.9 Å². The van der Waals surface area contributed by atoms with Crippen LogP contribution in [0.2, 0.25) is 0 Å². The van der Waals surface area contributed by atoms with E-state index < -0.39 is 18.0 Å². The van der Waals surface area contributed by atoms with Gasteiger partial charge in [0.15, 0.2) is 6.10 Å². The van der Waals surface area contributed by atoms with E-state index in [1.807, 2.05) is 0 Å². The number of halogens is 4. The van der Waals surface area contributed by atoms with Gasteiger partial charge >= 0.3 is 6.18 Å². The van der Waals surface area contributed by atoms with Gasteiger partial charge in [-0.15, -0.1) is 0 Å². The fourth-order valence-corrected chi connectivity index (χ4v) is 1.23. The number of hydrogen-bond acceptors (Lipinski definition) is 2. The van der Waals surface area contributed by atoms with Gasteiger partial charge in [0.2, 0.25) is 0 Å². The average molecular weight is 256 g/mol. The highest BCUT2D eigenvalue weighted by molar-refractivity contribution is 9.10. The zero-order chi connectivity index (χ0) is 10.1. The van der Waals surface area contributed by atoms with Crippen LogP contribution in [0.15, 0.2) is 22.8 Å². The van der Waals surface area contributed by atoms with Gasteiger partial charge in [-0.2, -0.15) is 13.2 Å². The minimum absolute atomic E-state index is 0.139. The van der Waals surface area contributed by atoms with Crippen LogP contribution < -0.4 is 0 Å². The summed E-state index contributed by atoms with van der Waals surface area (Å²) in [6, 6.07) is 2.86. The molecule has 13 heavy (non-hydrogen) atoms. The van der Waals surface area contributed by atoms with E-state index in [0.717, 1.165) is 0 Å². The van der Waals surface area contributed by atoms with Gasteiger partial charge in [0.25, 0.3) is 0 Å². The fourth-order valence-electron chi connectivity index (χ4n) is 0.754. The van der Waals surface area contributed by atoms with Gasteiger partial charge in [0.05, 0.1) is 5.69 Å². The van der Waals surface area contributed by atoms with Crippen LogP contribution in [0.5, 0.6) is 0 Å². The average Bonchev–Trinajstić information content (AvgIpc) is 2.02. The molecule has 0 spiro atoms. The highest BCUT2D eigenvalue weighted by Gasteiger charge is 2.41. The third-order valence-electron chi connectivity index (χ3n) is 1.36. The number of aliphatic hydroxyl groups is 1. The maximum absolute atomic E-state index is 12.0. The first-order chi connectivity index (χ1) is 5.93. The van der Waals surface area contributed by atoms with E-state index in [1.54, 1.807) is 0 Å². The van der Waals surface area contributed by atoms with Gasteiger partial charge in [-0.25, -0.2) is 0 Å². The van der Waals surface area contributed by atoms with E-state index in [-0.39, 0.29) is 4.47 Å². The standard InChI is InChI=1S/C7H5BrF3NO/c8-4-2-1-3-12-5(4)6(13)7(9,10)11/h1-3,6,13H/t6-/m1/s1. The van der Waals surface area contributed by atoms with Crippen molar-refractivity contribution in [1.82, 2.24) is 4.98 Å². The van der Waals surface area contributed by atoms with Crippen molar-refractivity contribution in [3.8, 4) is 0 Å². The summed E-state index contributed by atoms with van der Waals surface area (Å²) in [7, 11) is 0. The Labute approximate surface area is 80.5 Å². The molecule has 1 aromatic rings. The highest BCUT2D eigenvalue weighted by atomic mass is 79.9. The van der Waals surface area contributed by atoms with Crippen molar-refractivity contribution in [2.75, 3.05) is 0 Å². The Hall–Kier alpha value is -0.620. The molecule has 0 saturated heterocycles. The molecule has 0 radical (unpaired) electrons. The Bertz CT molecular complexity index is 302. The number of hydrogen-bond donors (Lipinski definition) is 1. The maximum Gasteiger partial charge on any atom is 0.420 e. The first-order valence-electron chi connectivity index (χ1n) is 3.28. The van der Waals surface area contributed by atoms with Gasteiger partial charge in [0, 0.05) is 10.7 Å². The number of rotatable bonds is 1. The second kappa shape index (κ2) is 3.63. The summed E-state index contributed by atoms with van der Waals surface area (Å²) < 4.78 is 36.2. The Morgan fingerprint density at radius 2 is 2.08 bits per heavy atom. The van der Waals surface area contributed by atoms with Crippen molar-refractivity contribution < 1.29 is 18.3 Å². The molecule has 1 heterocycles. The maximum atomic E-state index is 12.0. The predicted octanol–water partition coefficient (Wildman–Crippen LogP) is 2.44. The van der Waals surface area contributed by atoms with E-state index in [1.165, 1.54) is 18.3 Å². The number of alkyl halides is 3. The second-order valence-electron chi connectivity index (χ2n) is 2.31. The summed E-state index contributed by atoms with van der Waals surface area (Å²) in [5.74, 6) is 0. The Kier molecular flexibility index (Phi) is 2.92. The van der Waals surface area contributed by atoms with Crippen molar-refractivity contribution in [1.29, 1.82) is 0 Å². The molecule has 72 valence electrons. The summed E-state index contributed by atoms with van der Waals surface area (Å²) in [6.45, 7) is 0. The number of aromatic nitrogens is 1. The van der Waals surface area contributed by atoms with Crippen LogP contribution in [0.25, 0.3) is 0 Å². The molecule has 0 aliphatic rings. The van der Waals surface area contributed by atoms with Crippen molar-refractivity contribution in [2.45, 2.75) is 12.3 Å². The lowest BCUT2D eigenvalue weighted by Crippen LogP contribution is -2.21. The lowest BCUT2D eigenvalue weighted by Gasteiger charge is -2.14. The number of nitrogens with zero attached hydrogens (tertiary/aromatic N) is 1. The van der Waals surface area contributed by atoms with Gasteiger partial charge in [-0.1, -0.05) is 0 Å². The van der Waals surface area contributed by atoms with Crippen molar-refractivity contribution in [3.63, 3.8) is 0 Å². The molecule has 0 saturated carbocycles. The molecule has 0 amide bonds. The van der Waals surface area contributed by atoms with Gasteiger partial charge in [0.1, 0.15) is 0 Å². The lowest BCUT2D eigenvalue weighted by molar-refractivity contribution is -0.208. The van der Waals surface area contributed by atoms with Crippen LogP contribution in [-0.4, -0.2) is 16.3 Å². The molecule has 1 aromatic heterocycles. The molecule has 0 aliphatic carbocycles. The van der Waals surface area contributed by atoms with Crippen molar-refractivity contribution >= 4 is 15.9 Å². The molecule has 2 nitrogen and oxygen atoms in total. The van der Waals surface area contributed by atoms with Crippen molar-refractivity contribution in [3.05, 3.63) is 28.5 Å². The van der Waals surface area contributed by atoms with Crippen LogP contribution in [-0.2, 0) is 0 Å². The topological polar surface area (TPSA) is 33.1 Å². The third kappa shape index (κ3) is 2.41. The Morgan fingerprint density at radius 1 is 1.46 bits per heavy atom. The molecule has 0 bridgehead atoms.